The second-order valence-corrected chi connectivity index (χ2v) is 7.65. The average Bonchev–Trinajstić information content (AvgIpc) is 3.14. The van der Waals surface area contributed by atoms with E-state index in [4.69, 9.17) is 9.47 Å². The molecule has 1 atom stereocenters. The number of benzene rings is 2. The topological polar surface area (TPSA) is 38.8 Å². The smallest absolute Gasteiger partial charge is 0.341 e. The highest BCUT2D eigenvalue weighted by atomic mass is 32.1. The molecule has 5 heteroatoms. The summed E-state index contributed by atoms with van der Waals surface area (Å²) in [4.78, 5) is 14.5. The summed E-state index contributed by atoms with van der Waals surface area (Å²) >= 11 is 1.61. The molecule has 0 aliphatic heterocycles. The molecule has 3 rings (SSSR count). The molecular formula is C23H25NO3S. The monoisotopic (exact) mass is 395 g/mol. The van der Waals surface area contributed by atoms with Crippen LogP contribution in [0.1, 0.15) is 29.7 Å². The lowest BCUT2D eigenvalue weighted by atomic mass is 10.0. The maximum absolute atomic E-state index is 12.2. The molecule has 0 fully saturated rings. The van der Waals surface area contributed by atoms with Gasteiger partial charge in [-0.15, -0.1) is 11.3 Å². The normalized spacial score (nSPS) is 13.0. The van der Waals surface area contributed by atoms with Gasteiger partial charge in [0, 0.05) is 33.6 Å². The van der Waals surface area contributed by atoms with E-state index in [1.807, 2.05) is 11.4 Å². The first-order valence-electron chi connectivity index (χ1n) is 9.12. The molecule has 1 unspecified atom stereocenters. The van der Waals surface area contributed by atoms with Gasteiger partial charge in [0.25, 0.3) is 0 Å². The van der Waals surface area contributed by atoms with Crippen LogP contribution < -0.4 is 0 Å². The maximum atomic E-state index is 12.2. The van der Waals surface area contributed by atoms with Gasteiger partial charge in [-0.05, 0) is 37.2 Å². The molecule has 0 radical (unpaired) electrons. The number of fused-ring (bicyclic) bond motifs is 1. The Kier molecular flexibility index (Phi) is 6.49. The van der Waals surface area contributed by atoms with Gasteiger partial charge in [0.1, 0.15) is 5.57 Å². The Morgan fingerprint density at radius 1 is 1.18 bits per heavy atom. The number of hydrogen-bond acceptors (Lipinski definition) is 5. The van der Waals surface area contributed by atoms with E-state index in [9.17, 15) is 4.79 Å². The van der Waals surface area contributed by atoms with Crippen LogP contribution in [-0.2, 0) is 20.8 Å². The molecule has 2 aromatic carbocycles. The summed E-state index contributed by atoms with van der Waals surface area (Å²) in [6, 6.07) is 17.2. The minimum absolute atomic E-state index is 0.304. The highest BCUT2D eigenvalue weighted by Crippen LogP contribution is 2.33. The summed E-state index contributed by atoms with van der Waals surface area (Å²) in [5.41, 5.74) is 3.76. The third-order valence-electron chi connectivity index (χ3n) is 4.94. The zero-order valence-electron chi connectivity index (χ0n) is 16.6. The zero-order chi connectivity index (χ0) is 20.1. The van der Waals surface area contributed by atoms with Crippen LogP contribution in [0.5, 0.6) is 0 Å². The molecule has 0 spiro atoms. The number of thiophene rings is 1. The number of ether oxygens (including phenoxy) is 2. The number of hydrogen-bond donors (Lipinski definition) is 0. The van der Waals surface area contributed by atoms with Gasteiger partial charge >= 0.3 is 5.97 Å². The van der Waals surface area contributed by atoms with Crippen molar-refractivity contribution in [3.63, 3.8) is 0 Å². The lowest BCUT2D eigenvalue weighted by Gasteiger charge is -2.25. The lowest BCUT2D eigenvalue weighted by molar-refractivity contribution is -0.133. The molecule has 1 aromatic heterocycles. The van der Waals surface area contributed by atoms with Crippen LogP contribution >= 0.6 is 11.3 Å². The summed E-state index contributed by atoms with van der Waals surface area (Å²) in [5, 5.41) is 3.02. The van der Waals surface area contributed by atoms with E-state index >= 15 is 0 Å². The molecule has 4 nitrogen and oxygen atoms in total. The Labute approximate surface area is 170 Å². The molecule has 0 saturated heterocycles. The van der Waals surface area contributed by atoms with Crippen molar-refractivity contribution in [1.29, 1.82) is 0 Å². The van der Waals surface area contributed by atoms with Crippen LogP contribution in [0.15, 0.2) is 60.2 Å². The second-order valence-electron chi connectivity index (χ2n) is 6.74. The molecule has 0 saturated carbocycles. The Hall–Kier alpha value is -2.63. The lowest BCUT2D eigenvalue weighted by Crippen LogP contribution is -2.21. The third-order valence-corrected chi connectivity index (χ3v) is 5.91. The highest BCUT2D eigenvalue weighted by molar-refractivity contribution is 7.17. The fourth-order valence-electron chi connectivity index (χ4n) is 3.24. The Balaban J connectivity index is 1.89. The second kappa shape index (κ2) is 9.04. The maximum Gasteiger partial charge on any atom is 0.341 e. The van der Waals surface area contributed by atoms with Crippen LogP contribution in [0.4, 0.5) is 0 Å². The predicted octanol–water partition coefficient (Wildman–Crippen LogP) is 5.25. The quantitative estimate of drug-likeness (QED) is 0.311. The molecule has 3 aromatic rings. The van der Waals surface area contributed by atoms with E-state index in [-0.39, 0.29) is 0 Å². The van der Waals surface area contributed by atoms with Gasteiger partial charge < -0.3 is 9.47 Å². The number of rotatable bonds is 7. The van der Waals surface area contributed by atoms with Crippen LogP contribution in [0.2, 0.25) is 0 Å². The molecule has 28 heavy (non-hydrogen) atoms. The van der Waals surface area contributed by atoms with Crippen LogP contribution in [-0.4, -0.2) is 32.1 Å². The number of esters is 1. The molecule has 1 heterocycles. The van der Waals surface area contributed by atoms with Crippen molar-refractivity contribution >= 4 is 33.0 Å². The summed E-state index contributed by atoms with van der Waals surface area (Å²) in [6.07, 6.45) is 1.45. The summed E-state index contributed by atoms with van der Waals surface area (Å²) in [7, 11) is 5.04. The van der Waals surface area contributed by atoms with Crippen molar-refractivity contribution in [1.82, 2.24) is 4.90 Å². The van der Waals surface area contributed by atoms with Gasteiger partial charge in [-0.3, -0.25) is 4.90 Å². The van der Waals surface area contributed by atoms with Gasteiger partial charge in [-0.1, -0.05) is 36.4 Å². The number of methoxy groups -OCH3 is 2. The van der Waals surface area contributed by atoms with Gasteiger partial charge in [0.2, 0.25) is 0 Å². The minimum Gasteiger partial charge on any atom is -0.503 e. The van der Waals surface area contributed by atoms with Crippen molar-refractivity contribution in [2.24, 2.45) is 0 Å². The number of carbonyl (C=O) groups excluding carboxylic acids is 1. The van der Waals surface area contributed by atoms with E-state index in [0.717, 1.165) is 22.2 Å². The van der Waals surface area contributed by atoms with Crippen molar-refractivity contribution in [3.05, 3.63) is 76.9 Å². The zero-order valence-corrected chi connectivity index (χ0v) is 17.5. The average molecular weight is 396 g/mol. The summed E-state index contributed by atoms with van der Waals surface area (Å²) in [5.74, 6) is -0.401. The standard InChI is InChI=1S/C23H25NO3S/c1-16(18-8-6-5-7-9-18)24(2)13-17-10-11-22-19(12-17)21(15-28-22)20(14-26-3)23(25)27-4/h5-12,14-16H,13H2,1-4H3. The van der Waals surface area contributed by atoms with Crippen molar-refractivity contribution < 1.29 is 14.3 Å². The first-order valence-corrected chi connectivity index (χ1v) is 10.00. The SMILES string of the molecule is COC=C(C(=O)OC)c1csc2ccc(CN(C)C(C)c3ccccc3)cc12. The summed E-state index contributed by atoms with van der Waals surface area (Å²) in [6.45, 7) is 3.02. The van der Waals surface area contributed by atoms with Crippen LogP contribution in [0.3, 0.4) is 0 Å². The van der Waals surface area contributed by atoms with Gasteiger partial charge in [-0.2, -0.15) is 0 Å². The highest BCUT2D eigenvalue weighted by Gasteiger charge is 2.18. The van der Waals surface area contributed by atoms with E-state index in [1.165, 1.54) is 31.6 Å². The van der Waals surface area contributed by atoms with Crippen LogP contribution in [0, 0.1) is 0 Å². The number of carbonyl (C=O) groups is 1. The Morgan fingerprint density at radius 2 is 1.93 bits per heavy atom. The first-order chi connectivity index (χ1) is 13.5. The molecule has 0 amide bonds. The van der Waals surface area contributed by atoms with Crippen molar-refractivity contribution in [2.45, 2.75) is 19.5 Å². The van der Waals surface area contributed by atoms with E-state index in [1.54, 1.807) is 11.3 Å². The molecular weight excluding hydrogens is 370 g/mol. The number of nitrogens with zero attached hydrogens (tertiary/aromatic N) is 1. The minimum atomic E-state index is -0.401. The molecule has 0 bridgehead atoms. The summed E-state index contributed by atoms with van der Waals surface area (Å²) < 4.78 is 11.2. The van der Waals surface area contributed by atoms with E-state index in [2.05, 4.69) is 61.3 Å². The first kappa shape index (κ1) is 20.1. The van der Waals surface area contributed by atoms with Gasteiger partial charge in [0.05, 0.1) is 20.5 Å². The van der Waals surface area contributed by atoms with Gasteiger partial charge in [0.15, 0.2) is 0 Å². The third kappa shape index (κ3) is 4.26. The van der Waals surface area contributed by atoms with Gasteiger partial charge in [-0.25, -0.2) is 4.79 Å². The largest absolute Gasteiger partial charge is 0.503 e. The Morgan fingerprint density at radius 3 is 2.61 bits per heavy atom. The molecule has 0 aliphatic carbocycles. The van der Waals surface area contributed by atoms with E-state index < -0.39 is 5.97 Å². The Bertz CT molecular complexity index is 978. The fraction of sp³-hybridized carbons (Fsp3) is 0.261. The fourth-order valence-corrected chi connectivity index (χ4v) is 4.18. The van der Waals surface area contributed by atoms with E-state index in [0.29, 0.717) is 11.6 Å². The molecule has 146 valence electrons. The molecule has 0 N–H and O–H groups in total. The van der Waals surface area contributed by atoms with Crippen molar-refractivity contribution in [2.75, 3.05) is 21.3 Å². The predicted molar refractivity (Wildman–Crippen MR) is 115 cm³/mol. The molecule has 0 aliphatic rings. The van der Waals surface area contributed by atoms with Crippen LogP contribution in [0.25, 0.3) is 15.7 Å². The van der Waals surface area contributed by atoms with Crippen molar-refractivity contribution in [3.8, 4) is 0 Å².